The molecule has 1 N–H and O–H groups in total. The fourth-order valence-corrected chi connectivity index (χ4v) is 2.80. The van der Waals surface area contributed by atoms with Gasteiger partial charge in [-0.1, -0.05) is 12.1 Å². The molecule has 0 fully saturated rings. The molecule has 4 rings (SSSR count). The van der Waals surface area contributed by atoms with Gasteiger partial charge >= 0.3 is 0 Å². The van der Waals surface area contributed by atoms with Crippen molar-refractivity contribution in [2.45, 2.75) is 13.5 Å². The highest BCUT2D eigenvalue weighted by molar-refractivity contribution is 5.82. The molecule has 0 bridgehead atoms. The third-order valence-corrected chi connectivity index (χ3v) is 4.02. The van der Waals surface area contributed by atoms with Gasteiger partial charge in [-0.25, -0.2) is 9.61 Å². The molecule has 7 nitrogen and oxygen atoms in total. The molecule has 0 unspecified atom stereocenters. The Bertz CT molecular complexity index is 1000. The van der Waals surface area contributed by atoms with Gasteiger partial charge in [-0.3, -0.25) is 0 Å². The topological polar surface area (TPSA) is 78.0 Å². The molecule has 0 atom stereocenters. The van der Waals surface area contributed by atoms with E-state index >= 15 is 0 Å². The number of benzene rings is 2. The number of fused-ring (bicyclic) bond motifs is 1. The Morgan fingerprint density at radius 3 is 2.64 bits per heavy atom. The van der Waals surface area contributed by atoms with Crippen molar-refractivity contribution < 1.29 is 9.37 Å². The minimum Gasteiger partial charge on any atom is -0.497 e. The first-order chi connectivity index (χ1) is 12.3. The summed E-state index contributed by atoms with van der Waals surface area (Å²) in [5.74, 6) is 2.04. The molecule has 0 radical (unpaired) electrons. The lowest BCUT2D eigenvalue weighted by Crippen LogP contribution is -2.00. The number of hydrogen-bond acceptors (Lipinski definition) is 6. The molecule has 126 valence electrons. The predicted molar refractivity (Wildman–Crippen MR) is 95.0 cm³/mol. The molecule has 25 heavy (non-hydrogen) atoms. The number of anilines is 2. The molecule has 0 saturated heterocycles. The van der Waals surface area contributed by atoms with Crippen LogP contribution >= 0.6 is 0 Å². The van der Waals surface area contributed by atoms with Crippen molar-refractivity contribution in [3.63, 3.8) is 0 Å². The Hall–Kier alpha value is -3.35. The average Bonchev–Trinajstić information content (AvgIpc) is 3.25. The standard InChI is InChI=1S/C18H17N5O2/c1-3-23-15-7-5-4-6-14(15)20-18(23)16-17(22-25-21-16)19-12-8-10-13(24-2)11-9-12/h4-11H,3H2,1-2H3,(H,19,22). The second-order valence-electron chi connectivity index (χ2n) is 5.48. The van der Waals surface area contributed by atoms with Crippen molar-refractivity contribution in [1.82, 2.24) is 19.9 Å². The van der Waals surface area contributed by atoms with Crippen molar-refractivity contribution in [2.75, 3.05) is 12.4 Å². The maximum atomic E-state index is 5.17. The van der Waals surface area contributed by atoms with Crippen LogP contribution in [-0.2, 0) is 6.54 Å². The highest BCUT2D eigenvalue weighted by atomic mass is 16.6. The van der Waals surface area contributed by atoms with Crippen LogP contribution in [0.4, 0.5) is 11.5 Å². The molecule has 0 amide bonds. The van der Waals surface area contributed by atoms with Crippen LogP contribution < -0.4 is 10.1 Å². The molecule has 7 heteroatoms. The van der Waals surface area contributed by atoms with E-state index < -0.39 is 0 Å². The van der Waals surface area contributed by atoms with Gasteiger partial charge < -0.3 is 14.6 Å². The second kappa shape index (κ2) is 6.27. The highest BCUT2D eigenvalue weighted by Crippen LogP contribution is 2.30. The molecule has 0 aliphatic heterocycles. The molecule has 4 aromatic rings. The molecule has 0 aliphatic carbocycles. The molecule has 2 aromatic carbocycles. The first kappa shape index (κ1) is 15.2. The summed E-state index contributed by atoms with van der Waals surface area (Å²) >= 11 is 0. The Labute approximate surface area is 144 Å². The SMILES string of the molecule is CCn1c(-c2nonc2Nc2ccc(OC)cc2)nc2ccccc21. The van der Waals surface area contributed by atoms with Crippen molar-refractivity contribution in [3.8, 4) is 17.3 Å². The van der Waals surface area contributed by atoms with Crippen LogP contribution in [0, 0.1) is 0 Å². The molecule has 2 heterocycles. The summed E-state index contributed by atoms with van der Waals surface area (Å²) in [6.45, 7) is 2.84. The van der Waals surface area contributed by atoms with Crippen LogP contribution in [0.25, 0.3) is 22.6 Å². The number of nitrogens with one attached hydrogen (secondary N) is 1. The van der Waals surface area contributed by atoms with Gasteiger partial charge in [0.2, 0.25) is 5.82 Å². The van der Waals surface area contributed by atoms with Crippen molar-refractivity contribution in [2.24, 2.45) is 0 Å². The number of aryl methyl sites for hydroxylation is 1. The largest absolute Gasteiger partial charge is 0.497 e. The monoisotopic (exact) mass is 335 g/mol. The minimum absolute atomic E-state index is 0.523. The van der Waals surface area contributed by atoms with Gasteiger partial charge in [-0.05, 0) is 53.6 Å². The zero-order valence-electron chi connectivity index (χ0n) is 13.9. The van der Waals surface area contributed by atoms with Crippen molar-refractivity contribution in [3.05, 3.63) is 48.5 Å². The van der Waals surface area contributed by atoms with Crippen LogP contribution in [0.2, 0.25) is 0 Å². The number of para-hydroxylation sites is 2. The molecule has 0 aliphatic rings. The molecular weight excluding hydrogens is 318 g/mol. The number of imidazole rings is 1. The van der Waals surface area contributed by atoms with E-state index in [9.17, 15) is 0 Å². The predicted octanol–water partition coefficient (Wildman–Crippen LogP) is 3.86. The number of nitrogens with zero attached hydrogens (tertiary/aromatic N) is 4. The van der Waals surface area contributed by atoms with Crippen LogP contribution in [0.5, 0.6) is 5.75 Å². The maximum absolute atomic E-state index is 5.17. The molecule has 0 saturated carbocycles. The summed E-state index contributed by atoms with van der Waals surface area (Å²) in [6, 6.07) is 15.5. The van der Waals surface area contributed by atoms with E-state index in [2.05, 4.69) is 27.1 Å². The zero-order valence-corrected chi connectivity index (χ0v) is 13.9. The number of rotatable bonds is 5. The van der Waals surface area contributed by atoms with E-state index in [0.717, 1.165) is 34.8 Å². The first-order valence-electron chi connectivity index (χ1n) is 7.99. The number of hydrogen-bond donors (Lipinski definition) is 1. The summed E-state index contributed by atoms with van der Waals surface area (Å²) in [6.07, 6.45) is 0. The summed E-state index contributed by atoms with van der Waals surface area (Å²) in [4.78, 5) is 4.70. The van der Waals surface area contributed by atoms with Gasteiger partial charge in [0.15, 0.2) is 11.5 Å². The third-order valence-electron chi connectivity index (χ3n) is 4.02. The summed E-state index contributed by atoms with van der Waals surface area (Å²) in [5, 5.41) is 11.3. The summed E-state index contributed by atoms with van der Waals surface area (Å²) in [5.41, 5.74) is 3.40. The van der Waals surface area contributed by atoms with Gasteiger partial charge in [-0.2, -0.15) is 0 Å². The fraction of sp³-hybridized carbons (Fsp3) is 0.167. The van der Waals surface area contributed by atoms with E-state index in [1.807, 2.05) is 48.5 Å². The Morgan fingerprint density at radius 1 is 1.08 bits per heavy atom. The first-order valence-corrected chi connectivity index (χ1v) is 7.99. The van der Waals surface area contributed by atoms with Crippen molar-refractivity contribution >= 4 is 22.5 Å². The Kier molecular flexibility index (Phi) is 3.81. The zero-order chi connectivity index (χ0) is 17.2. The minimum atomic E-state index is 0.523. The number of aromatic nitrogens is 4. The fourth-order valence-electron chi connectivity index (χ4n) is 2.80. The third kappa shape index (κ3) is 2.69. The van der Waals surface area contributed by atoms with Gasteiger partial charge in [-0.15, -0.1) is 0 Å². The van der Waals surface area contributed by atoms with Gasteiger partial charge in [0.1, 0.15) is 5.75 Å². The average molecular weight is 335 g/mol. The molecular formula is C18H17N5O2. The second-order valence-corrected chi connectivity index (χ2v) is 5.48. The molecule has 0 spiro atoms. The quantitative estimate of drug-likeness (QED) is 0.597. The van der Waals surface area contributed by atoms with E-state index in [1.54, 1.807) is 7.11 Å². The summed E-state index contributed by atoms with van der Waals surface area (Å²) in [7, 11) is 1.64. The number of methoxy groups -OCH3 is 1. The normalized spacial score (nSPS) is 11.0. The van der Waals surface area contributed by atoms with Crippen LogP contribution in [0.1, 0.15) is 6.92 Å². The van der Waals surface area contributed by atoms with Gasteiger partial charge in [0.05, 0.1) is 18.1 Å². The lowest BCUT2D eigenvalue weighted by atomic mass is 10.3. The Balaban J connectivity index is 1.74. The van der Waals surface area contributed by atoms with Gasteiger partial charge in [0, 0.05) is 12.2 Å². The highest BCUT2D eigenvalue weighted by Gasteiger charge is 2.20. The van der Waals surface area contributed by atoms with Crippen LogP contribution in [0.3, 0.4) is 0 Å². The van der Waals surface area contributed by atoms with Crippen LogP contribution in [0.15, 0.2) is 53.2 Å². The molecule has 2 aromatic heterocycles. The van der Waals surface area contributed by atoms with E-state index in [1.165, 1.54) is 0 Å². The number of ether oxygens (including phenoxy) is 1. The lowest BCUT2D eigenvalue weighted by Gasteiger charge is -2.07. The van der Waals surface area contributed by atoms with E-state index in [4.69, 9.17) is 14.3 Å². The van der Waals surface area contributed by atoms with Crippen LogP contribution in [-0.4, -0.2) is 27.0 Å². The van der Waals surface area contributed by atoms with Crippen molar-refractivity contribution in [1.29, 1.82) is 0 Å². The smallest absolute Gasteiger partial charge is 0.206 e. The van der Waals surface area contributed by atoms with Gasteiger partial charge in [0.25, 0.3) is 0 Å². The van der Waals surface area contributed by atoms with E-state index in [-0.39, 0.29) is 0 Å². The lowest BCUT2D eigenvalue weighted by molar-refractivity contribution is 0.310. The maximum Gasteiger partial charge on any atom is 0.206 e. The summed E-state index contributed by atoms with van der Waals surface area (Å²) < 4.78 is 12.2. The Morgan fingerprint density at radius 2 is 1.88 bits per heavy atom. The van der Waals surface area contributed by atoms with E-state index in [0.29, 0.717) is 11.5 Å².